The first-order chi connectivity index (χ1) is 10.7. The summed E-state index contributed by atoms with van der Waals surface area (Å²) in [5.41, 5.74) is 0.958. The zero-order valence-corrected chi connectivity index (χ0v) is 12.7. The quantitative estimate of drug-likeness (QED) is 0.490. The molecular weight excluding hydrogens is 284 g/mol. The summed E-state index contributed by atoms with van der Waals surface area (Å²) in [4.78, 5) is 22.9. The number of carbonyl (C=O) groups excluding carboxylic acids is 2. The molecule has 2 N–H and O–H groups in total. The highest BCUT2D eigenvalue weighted by Gasteiger charge is 2.00. The van der Waals surface area contributed by atoms with Gasteiger partial charge in [-0.25, -0.2) is 0 Å². The van der Waals surface area contributed by atoms with Crippen LogP contribution in [-0.4, -0.2) is 51.8 Å². The highest BCUT2D eigenvalue weighted by Crippen LogP contribution is 2.00. The molecule has 0 saturated carbocycles. The van der Waals surface area contributed by atoms with Gasteiger partial charge < -0.3 is 20.1 Å². The Bertz CT molecular complexity index is 474. The molecule has 1 aromatic carbocycles. The van der Waals surface area contributed by atoms with E-state index in [9.17, 15) is 9.59 Å². The molecule has 0 bridgehead atoms. The average molecular weight is 306 g/mol. The van der Waals surface area contributed by atoms with Gasteiger partial charge in [0.1, 0.15) is 6.61 Å². The first-order valence-corrected chi connectivity index (χ1v) is 7.06. The van der Waals surface area contributed by atoms with Crippen LogP contribution in [-0.2, 0) is 19.1 Å². The van der Waals surface area contributed by atoms with Gasteiger partial charge in [0.2, 0.25) is 11.8 Å². The van der Waals surface area contributed by atoms with Gasteiger partial charge in [-0.1, -0.05) is 30.3 Å². The summed E-state index contributed by atoms with van der Waals surface area (Å²) in [7, 11) is 1.57. The number of carbonyl (C=O) groups is 2. The normalized spacial score (nSPS) is 10.6. The SMILES string of the molecule is COCCOCC(=O)NCCNC(=O)/C=C/c1ccccc1. The summed E-state index contributed by atoms with van der Waals surface area (Å²) in [5.74, 6) is -0.417. The van der Waals surface area contributed by atoms with Crippen LogP contribution in [0.1, 0.15) is 5.56 Å². The molecule has 120 valence electrons. The minimum absolute atomic E-state index is 0.00871. The summed E-state index contributed by atoms with van der Waals surface area (Å²) in [6, 6.07) is 9.55. The molecule has 0 aromatic heterocycles. The van der Waals surface area contributed by atoms with E-state index in [4.69, 9.17) is 9.47 Å². The Balaban J connectivity index is 2.07. The van der Waals surface area contributed by atoms with E-state index in [2.05, 4.69) is 10.6 Å². The molecule has 6 heteroatoms. The summed E-state index contributed by atoms with van der Waals surface area (Å²) < 4.78 is 9.86. The second-order valence-electron chi connectivity index (χ2n) is 4.43. The van der Waals surface area contributed by atoms with Gasteiger partial charge in [0.25, 0.3) is 0 Å². The zero-order chi connectivity index (χ0) is 16.0. The van der Waals surface area contributed by atoms with Crippen LogP contribution in [0, 0.1) is 0 Å². The van der Waals surface area contributed by atoms with Gasteiger partial charge in [-0.3, -0.25) is 9.59 Å². The highest BCUT2D eigenvalue weighted by atomic mass is 16.5. The minimum Gasteiger partial charge on any atom is -0.382 e. The third-order valence-corrected chi connectivity index (χ3v) is 2.64. The monoisotopic (exact) mass is 306 g/mol. The van der Waals surface area contributed by atoms with Crippen molar-refractivity contribution in [2.75, 3.05) is 40.0 Å². The Morgan fingerprint density at radius 2 is 1.82 bits per heavy atom. The third kappa shape index (κ3) is 8.89. The van der Waals surface area contributed by atoms with Gasteiger partial charge >= 0.3 is 0 Å². The van der Waals surface area contributed by atoms with Crippen LogP contribution in [0.4, 0.5) is 0 Å². The number of benzene rings is 1. The molecule has 22 heavy (non-hydrogen) atoms. The molecule has 0 unspecified atom stereocenters. The van der Waals surface area contributed by atoms with Crippen molar-refractivity contribution in [2.24, 2.45) is 0 Å². The van der Waals surface area contributed by atoms with Crippen LogP contribution in [0.3, 0.4) is 0 Å². The molecule has 0 saturated heterocycles. The molecule has 0 aliphatic rings. The van der Waals surface area contributed by atoms with Crippen LogP contribution in [0.5, 0.6) is 0 Å². The zero-order valence-electron chi connectivity index (χ0n) is 12.7. The van der Waals surface area contributed by atoms with Crippen molar-refractivity contribution in [3.05, 3.63) is 42.0 Å². The predicted molar refractivity (Wildman–Crippen MR) is 84.2 cm³/mol. The van der Waals surface area contributed by atoms with Gasteiger partial charge in [-0.2, -0.15) is 0 Å². The lowest BCUT2D eigenvalue weighted by Gasteiger charge is -2.06. The van der Waals surface area contributed by atoms with Crippen LogP contribution >= 0.6 is 0 Å². The van der Waals surface area contributed by atoms with E-state index in [0.29, 0.717) is 26.3 Å². The molecule has 0 fully saturated rings. The molecule has 1 rings (SSSR count). The maximum atomic E-state index is 11.6. The fraction of sp³-hybridized carbons (Fsp3) is 0.375. The Morgan fingerprint density at radius 1 is 1.09 bits per heavy atom. The van der Waals surface area contributed by atoms with Crippen LogP contribution in [0.15, 0.2) is 36.4 Å². The molecule has 0 aliphatic carbocycles. The van der Waals surface area contributed by atoms with Crippen molar-refractivity contribution in [1.82, 2.24) is 10.6 Å². The van der Waals surface area contributed by atoms with Crippen molar-refractivity contribution < 1.29 is 19.1 Å². The smallest absolute Gasteiger partial charge is 0.246 e. The maximum absolute atomic E-state index is 11.6. The van der Waals surface area contributed by atoms with E-state index in [0.717, 1.165) is 5.56 Å². The van der Waals surface area contributed by atoms with E-state index in [1.165, 1.54) is 6.08 Å². The maximum Gasteiger partial charge on any atom is 0.246 e. The first kappa shape index (κ1) is 17.9. The van der Waals surface area contributed by atoms with E-state index >= 15 is 0 Å². The Morgan fingerprint density at radius 3 is 2.55 bits per heavy atom. The van der Waals surface area contributed by atoms with Crippen LogP contribution in [0.2, 0.25) is 0 Å². The number of rotatable bonds is 10. The van der Waals surface area contributed by atoms with Gasteiger partial charge in [-0.05, 0) is 11.6 Å². The van der Waals surface area contributed by atoms with E-state index in [1.807, 2.05) is 30.3 Å². The lowest BCUT2D eigenvalue weighted by molar-refractivity contribution is -0.126. The molecule has 1 aromatic rings. The van der Waals surface area contributed by atoms with E-state index in [1.54, 1.807) is 13.2 Å². The number of nitrogens with one attached hydrogen (secondary N) is 2. The molecule has 0 heterocycles. The molecule has 2 amide bonds. The molecule has 0 atom stereocenters. The Kier molecular flexibility index (Phi) is 9.32. The fourth-order valence-electron chi connectivity index (χ4n) is 1.54. The summed E-state index contributed by atoms with van der Waals surface area (Å²) in [6.07, 6.45) is 3.20. The number of amides is 2. The van der Waals surface area contributed by atoms with Gasteiger partial charge in [0.15, 0.2) is 0 Å². The average Bonchev–Trinajstić information content (AvgIpc) is 2.55. The van der Waals surface area contributed by atoms with E-state index in [-0.39, 0.29) is 18.4 Å². The molecule has 6 nitrogen and oxygen atoms in total. The lowest BCUT2D eigenvalue weighted by Crippen LogP contribution is -2.35. The van der Waals surface area contributed by atoms with Crippen molar-refractivity contribution >= 4 is 17.9 Å². The predicted octanol–water partition coefficient (Wildman–Crippen LogP) is 0.595. The summed E-state index contributed by atoms with van der Waals surface area (Å²) in [5, 5.41) is 5.33. The molecule has 0 aliphatic heterocycles. The number of hydrogen-bond acceptors (Lipinski definition) is 4. The highest BCUT2D eigenvalue weighted by molar-refractivity contribution is 5.91. The van der Waals surface area contributed by atoms with Crippen molar-refractivity contribution in [2.45, 2.75) is 0 Å². The molecular formula is C16H22N2O4. The van der Waals surface area contributed by atoms with Gasteiger partial charge in [0.05, 0.1) is 13.2 Å². The topological polar surface area (TPSA) is 76.7 Å². The minimum atomic E-state index is -0.217. The van der Waals surface area contributed by atoms with Crippen LogP contribution < -0.4 is 10.6 Å². The number of ether oxygens (including phenoxy) is 2. The van der Waals surface area contributed by atoms with Crippen molar-refractivity contribution in [3.63, 3.8) is 0 Å². The molecule has 0 radical (unpaired) electrons. The number of methoxy groups -OCH3 is 1. The summed E-state index contributed by atoms with van der Waals surface area (Å²) in [6.45, 7) is 1.55. The molecule has 0 spiro atoms. The Labute approximate surface area is 130 Å². The van der Waals surface area contributed by atoms with Gasteiger partial charge in [0, 0.05) is 26.3 Å². The van der Waals surface area contributed by atoms with E-state index < -0.39 is 0 Å². The van der Waals surface area contributed by atoms with Gasteiger partial charge in [-0.15, -0.1) is 0 Å². The Hall–Kier alpha value is -2.18. The summed E-state index contributed by atoms with van der Waals surface area (Å²) >= 11 is 0. The largest absolute Gasteiger partial charge is 0.382 e. The third-order valence-electron chi connectivity index (χ3n) is 2.64. The second-order valence-corrected chi connectivity index (χ2v) is 4.43. The number of hydrogen-bond donors (Lipinski definition) is 2. The second kappa shape index (κ2) is 11.5. The fourth-order valence-corrected chi connectivity index (χ4v) is 1.54. The van der Waals surface area contributed by atoms with Crippen molar-refractivity contribution in [1.29, 1.82) is 0 Å². The van der Waals surface area contributed by atoms with Crippen molar-refractivity contribution in [3.8, 4) is 0 Å². The standard InChI is InChI=1S/C16H22N2O4/c1-21-11-12-22-13-16(20)18-10-9-17-15(19)8-7-14-5-3-2-4-6-14/h2-8H,9-13H2,1H3,(H,17,19)(H,18,20)/b8-7+. The lowest BCUT2D eigenvalue weighted by atomic mass is 10.2. The van der Waals surface area contributed by atoms with Crippen LogP contribution in [0.25, 0.3) is 6.08 Å². The first-order valence-electron chi connectivity index (χ1n) is 7.06.